The van der Waals surface area contributed by atoms with Gasteiger partial charge < -0.3 is 25.0 Å². The molecular formula is C19H25N5O3. The fourth-order valence-electron chi connectivity index (χ4n) is 2.86. The smallest absolute Gasteiger partial charge is 0.255 e. The molecule has 1 aliphatic heterocycles. The van der Waals surface area contributed by atoms with Gasteiger partial charge in [0, 0.05) is 37.9 Å². The molecule has 144 valence electrons. The van der Waals surface area contributed by atoms with Crippen molar-refractivity contribution in [2.75, 3.05) is 56.7 Å². The number of morpholine rings is 1. The first-order valence-electron chi connectivity index (χ1n) is 9.01. The maximum atomic E-state index is 12.3. The van der Waals surface area contributed by atoms with Gasteiger partial charge in [-0.25, -0.2) is 4.98 Å². The van der Waals surface area contributed by atoms with Gasteiger partial charge in [0.1, 0.15) is 11.6 Å². The van der Waals surface area contributed by atoms with Gasteiger partial charge in [-0.1, -0.05) is 12.1 Å². The number of nitrogens with zero attached hydrogens (tertiary/aromatic N) is 3. The predicted octanol–water partition coefficient (Wildman–Crippen LogP) is 1.47. The van der Waals surface area contributed by atoms with Crippen molar-refractivity contribution < 1.29 is 14.3 Å². The normalized spacial score (nSPS) is 13.9. The molecule has 27 heavy (non-hydrogen) atoms. The van der Waals surface area contributed by atoms with Crippen molar-refractivity contribution in [2.24, 2.45) is 0 Å². The van der Waals surface area contributed by atoms with E-state index in [1.54, 1.807) is 19.2 Å². The summed E-state index contributed by atoms with van der Waals surface area (Å²) in [6.07, 6.45) is 0. The van der Waals surface area contributed by atoms with Crippen molar-refractivity contribution >= 4 is 17.7 Å². The molecule has 1 aliphatic rings. The molecule has 2 N–H and O–H groups in total. The monoisotopic (exact) mass is 371 g/mol. The van der Waals surface area contributed by atoms with Gasteiger partial charge in [-0.3, -0.25) is 4.79 Å². The van der Waals surface area contributed by atoms with Crippen LogP contribution < -0.4 is 20.3 Å². The zero-order valence-electron chi connectivity index (χ0n) is 15.7. The molecule has 1 aromatic heterocycles. The minimum absolute atomic E-state index is 0.173. The van der Waals surface area contributed by atoms with Crippen LogP contribution in [-0.2, 0) is 4.74 Å². The van der Waals surface area contributed by atoms with E-state index in [9.17, 15) is 4.79 Å². The lowest BCUT2D eigenvalue weighted by atomic mass is 10.2. The van der Waals surface area contributed by atoms with Crippen LogP contribution in [0.15, 0.2) is 30.3 Å². The van der Waals surface area contributed by atoms with E-state index in [4.69, 9.17) is 9.47 Å². The quantitative estimate of drug-likeness (QED) is 0.713. The van der Waals surface area contributed by atoms with E-state index in [1.807, 2.05) is 25.1 Å². The van der Waals surface area contributed by atoms with Crippen LogP contribution in [0.3, 0.4) is 0 Å². The first-order chi connectivity index (χ1) is 13.2. The molecule has 0 radical (unpaired) electrons. The number of carbonyl (C=O) groups is 1. The Morgan fingerprint density at radius 1 is 1.22 bits per heavy atom. The van der Waals surface area contributed by atoms with Crippen molar-refractivity contribution in [3.63, 3.8) is 0 Å². The standard InChI is InChI=1S/C19H25N5O3/c1-14-13-17(24-9-11-27-12-10-24)23-19(22-14)21-8-7-20-18(25)15-5-3-4-6-16(15)26-2/h3-6,13H,7-12H2,1-2H3,(H,20,25)(H,21,22,23). The molecule has 3 rings (SSSR count). The van der Waals surface area contributed by atoms with E-state index < -0.39 is 0 Å². The van der Waals surface area contributed by atoms with Gasteiger partial charge in [-0.2, -0.15) is 4.98 Å². The summed E-state index contributed by atoms with van der Waals surface area (Å²) >= 11 is 0. The van der Waals surface area contributed by atoms with Crippen LogP contribution in [0.4, 0.5) is 11.8 Å². The minimum atomic E-state index is -0.173. The number of ether oxygens (including phenoxy) is 2. The molecule has 1 saturated heterocycles. The highest BCUT2D eigenvalue weighted by Crippen LogP contribution is 2.17. The lowest BCUT2D eigenvalue weighted by molar-refractivity contribution is 0.0952. The average Bonchev–Trinajstić information content (AvgIpc) is 2.71. The van der Waals surface area contributed by atoms with Crippen LogP contribution in [0.5, 0.6) is 5.75 Å². The van der Waals surface area contributed by atoms with E-state index >= 15 is 0 Å². The largest absolute Gasteiger partial charge is 0.496 e. The minimum Gasteiger partial charge on any atom is -0.496 e. The van der Waals surface area contributed by atoms with Gasteiger partial charge >= 0.3 is 0 Å². The molecule has 0 saturated carbocycles. The number of aryl methyl sites for hydroxylation is 1. The van der Waals surface area contributed by atoms with Crippen LogP contribution in [0.2, 0.25) is 0 Å². The van der Waals surface area contributed by atoms with Gasteiger partial charge in [0.05, 0.1) is 25.9 Å². The van der Waals surface area contributed by atoms with Crippen LogP contribution in [0, 0.1) is 6.92 Å². The van der Waals surface area contributed by atoms with Gasteiger partial charge in [0.25, 0.3) is 5.91 Å². The fraction of sp³-hybridized carbons (Fsp3) is 0.421. The van der Waals surface area contributed by atoms with E-state index in [0.29, 0.717) is 43.6 Å². The summed E-state index contributed by atoms with van der Waals surface area (Å²) in [7, 11) is 1.55. The van der Waals surface area contributed by atoms with Crippen LogP contribution in [0.1, 0.15) is 16.1 Å². The zero-order chi connectivity index (χ0) is 19.1. The molecule has 2 aromatic rings. The number of para-hydroxylation sites is 1. The molecule has 0 atom stereocenters. The summed E-state index contributed by atoms with van der Waals surface area (Å²) in [5.41, 5.74) is 1.41. The third kappa shape index (κ3) is 5.07. The summed E-state index contributed by atoms with van der Waals surface area (Å²) in [5, 5.41) is 6.05. The second-order valence-corrected chi connectivity index (χ2v) is 6.17. The highest BCUT2D eigenvalue weighted by molar-refractivity contribution is 5.96. The third-order valence-corrected chi connectivity index (χ3v) is 4.22. The Morgan fingerprint density at radius 3 is 2.78 bits per heavy atom. The highest BCUT2D eigenvalue weighted by Gasteiger charge is 2.14. The van der Waals surface area contributed by atoms with E-state index in [1.165, 1.54) is 0 Å². The lowest BCUT2D eigenvalue weighted by Gasteiger charge is -2.28. The zero-order valence-corrected chi connectivity index (χ0v) is 15.7. The second-order valence-electron chi connectivity index (χ2n) is 6.17. The summed E-state index contributed by atoms with van der Waals surface area (Å²) in [5.74, 6) is 1.84. The first-order valence-corrected chi connectivity index (χ1v) is 9.01. The molecule has 1 aromatic carbocycles. The number of aromatic nitrogens is 2. The van der Waals surface area contributed by atoms with Crippen LogP contribution >= 0.6 is 0 Å². The van der Waals surface area contributed by atoms with Gasteiger partial charge in [0.15, 0.2) is 0 Å². The molecule has 1 amide bonds. The van der Waals surface area contributed by atoms with Crippen molar-refractivity contribution in [3.05, 3.63) is 41.6 Å². The maximum absolute atomic E-state index is 12.3. The van der Waals surface area contributed by atoms with Crippen LogP contribution in [0.25, 0.3) is 0 Å². The number of carbonyl (C=O) groups excluding carboxylic acids is 1. The van der Waals surface area contributed by atoms with Crippen molar-refractivity contribution in [2.45, 2.75) is 6.92 Å². The Hall–Kier alpha value is -2.87. The first kappa shape index (κ1) is 18.9. The lowest BCUT2D eigenvalue weighted by Crippen LogP contribution is -2.37. The number of anilines is 2. The van der Waals surface area contributed by atoms with E-state index in [2.05, 4.69) is 25.5 Å². The summed E-state index contributed by atoms with van der Waals surface area (Å²) in [6.45, 7) is 5.98. The number of nitrogens with one attached hydrogen (secondary N) is 2. The Labute approximate surface area is 158 Å². The number of methoxy groups -OCH3 is 1. The van der Waals surface area contributed by atoms with Crippen molar-refractivity contribution in [3.8, 4) is 5.75 Å². The highest BCUT2D eigenvalue weighted by atomic mass is 16.5. The number of benzene rings is 1. The van der Waals surface area contributed by atoms with Crippen molar-refractivity contribution in [1.82, 2.24) is 15.3 Å². The van der Waals surface area contributed by atoms with Crippen molar-refractivity contribution in [1.29, 1.82) is 0 Å². The number of hydrogen-bond acceptors (Lipinski definition) is 7. The molecule has 8 nitrogen and oxygen atoms in total. The van der Waals surface area contributed by atoms with E-state index in [-0.39, 0.29) is 5.91 Å². The topological polar surface area (TPSA) is 88.6 Å². The SMILES string of the molecule is COc1ccccc1C(=O)NCCNc1nc(C)cc(N2CCOCC2)n1. The average molecular weight is 371 g/mol. The maximum Gasteiger partial charge on any atom is 0.255 e. The molecule has 0 bridgehead atoms. The molecule has 0 spiro atoms. The number of amides is 1. The third-order valence-electron chi connectivity index (χ3n) is 4.22. The molecule has 0 unspecified atom stereocenters. The molecule has 1 fully saturated rings. The fourth-order valence-corrected chi connectivity index (χ4v) is 2.86. The number of rotatable bonds is 7. The summed E-state index contributed by atoms with van der Waals surface area (Å²) in [4.78, 5) is 23.5. The Morgan fingerprint density at radius 2 is 2.00 bits per heavy atom. The van der Waals surface area contributed by atoms with Gasteiger partial charge in [-0.05, 0) is 19.1 Å². The summed E-state index contributed by atoms with van der Waals surface area (Å²) < 4.78 is 10.6. The molecular weight excluding hydrogens is 346 g/mol. The second kappa shape index (κ2) is 9.18. The molecule has 0 aliphatic carbocycles. The predicted molar refractivity (Wildman–Crippen MR) is 104 cm³/mol. The Kier molecular flexibility index (Phi) is 6.43. The number of hydrogen-bond donors (Lipinski definition) is 2. The Balaban J connectivity index is 1.53. The van der Waals surface area contributed by atoms with Crippen LogP contribution in [-0.4, -0.2) is 62.4 Å². The van der Waals surface area contributed by atoms with E-state index in [0.717, 1.165) is 24.6 Å². The molecule has 8 heteroatoms. The Bertz CT molecular complexity index is 778. The molecule has 2 heterocycles. The van der Waals surface area contributed by atoms with Gasteiger partial charge in [0.2, 0.25) is 5.95 Å². The van der Waals surface area contributed by atoms with Gasteiger partial charge in [-0.15, -0.1) is 0 Å². The summed E-state index contributed by atoms with van der Waals surface area (Å²) in [6, 6.07) is 9.11.